The van der Waals surface area contributed by atoms with Crippen molar-refractivity contribution in [1.82, 2.24) is 0 Å². The third-order valence-corrected chi connectivity index (χ3v) is 5.12. The van der Waals surface area contributed by atoms with Gasteiger partial charge in [0.05, 0.1) is 25.6 Å². The first-order valence-corrected chi connectivity index (χ1v) is 9.42. The predicted octanol–water partition coefficient (Wildman–Crippen LogP) is 4.18. The van der Waals surface area contributed by atoms with E-state index in [9.17, 15) is 9.90 Å². The maximum Gasteiger partial charge on any atom is 0.329 e. The molecule has 1 aliphatic rings. The van der Waals surface area contributed by atoms with Crippen molar-refractivity contribution >= 4 is 17.4 Å². The average Bonchev–Trinajstić information content (AvgIpc) is 3.13. The van der Waals surface area contributed by atoms with Crippen LogP contribution in [-0.4, -0.2) is 37.6 Å². The summed E-state index contributed by atoms with van der Waals surface area (Å²) in [5.41, 5.74) is 2.57. The normalized spacial score (nSPS) is 17.2. The van der Waals surface area contributed by atoms with Crippen LogP contribution in [0.2, 0.25) is 0 Å². The maximum absolute atomic E-state index is 11.5. The van der Waals surface area contributed by atoms with Crippen molar-refractivity contribution in [3.63, 3.8) is 0 Å². The number of carboxylic acids is 1. The van der Waals surface area contributed by atoms with Gasteiger partial charge >= 0.3 is 5.97 Å². The van der Waals surface area contributed by atoms with Crippen molar-refractivity contribution in [1.29, 1.82) is 0 Å². The first-order valence-electron chi connectivity index (χ1n) is 9.42. The number of fused-ring (bicyclic) bond motifs is 1. The van der Waals surface area contributed by atoms with E-state index in [4.69, 9.17) is 19.2 Å². The minimum Gasteiger partial charge on any atom is -0.497 e. The highest BCUT2D eigenvalue weighted by atomic mass is 16.5. The van der Waals surface area contributed by atoms with Gasteiger partial charge in [-0.1, -0.05) is 30.3 Å². The van der Waals surface area contributed by atoms with E-state index < -0.39 is 18.2 Å². The molecule has 3 aromatic rings. The lowest BCUT2D eigenvalue weighted by Crippen LogP contribution is -2.39. The van der Waals surface area contributed by atoms with Crippen molar-refractivity contribution < 1.29 is 24.1 Å². The van der Waals surface area contributed by atoms with Crippen molar-refractivity contribution in [2.45, 2.75) is 5.60 Å². The number of hydrogen-bond donors (Lipinski definition) is 1. The van der Waals surface area contributed by atoms with Crippen molar-refractivity contribution in [2.24, 2.45) is 4.99 Å². The second kappa shape index (κ2) is 8.00. The number of nitrogens with zero attached hydrogens (tertiary/aromatic N) is 1. The van der Waals surface area contributed by atoms with Gasteiger partial charge in [0.2, 0.25) is 0 Å². The van der Waals surface area contributed by atoms with Crippen LogP contribution in [0.1, 0.15) is 16.7 Å². The van der Waals surface area contributed by atoms with E-state index in [1.807, 2.05) is 72.8 Å². The molecule has 6 nitrogen and oxygen atoms in total. The zero-order valence-corrected chi connectivity index (χ0v) is 16.7. The van der Waals surface area contributed by atoms with Crippen LogP contribution in [0.3, 0.4) is 0 Å². The standard InChI is InChI=1S/C24H21NO5/c1-28-18-11-7-16(8-12-18)23-24(30-15-22(26)27,17-9-13-19(29-2)14-10-17)20-5-3-4-6-21(20)25-23/h3-14H,15H2,1-2H3,(H,26,27). The Morgan fingerprint density at radius 2 is 1.50 bits per heavy atom. The number of carboxylic acid groups (broad SMARTS) is 1. The van der Waals surface area contributed by atoms with Gasteiger partial charge in [-0.05, 0) is 53.6 Å². The van der Waals surface area contributed by atoms with Gasteiger partial charge in [-0.2, -0.15) is 0 Å². The number of carbonyl (C=O) groups is 1. The molecule has 4 rings (SSSR count). The fraction of sp³-hybridized carbons (Fsp3) is 0.167. The molecule has 152 valence electrons. The van der Waals surface area contributed by atoms with Gasteiger partial charge in [-0.3, -0.25) is 0 Å². The molecule has 30 heavy (non-hydrogen) atoms. The molecule has 0 aliphatic carbocycles. The number of methoxy groups -OCH3 is 2. The summed E-state index contributed by atoms with van der Waals surface area (Å²) in [6.45, 7) is -0.477. The van der Waals surface area contributed by atoms with Gasteiger partial charge in [-0.25, -0.2) is 9.79 Å². The van der Waals surface area contributed by atoms with Gasteiger partial charge in [0.25, 0.3) is 0 Å². The molecule has 1 aliphatic heterocycles. The van der Waals surface area contributed by atoms with Gasteiger partial charge in [0.1, 0.15) is 18.1 Å². The number of hydrogen-bond acceptors (Lipinski definition) is 5. The number of rotatable bonds is 7. The van der Waals surface area contributed by atoms with E-state index in [1.165, 1.54) is 0 Å². The molecule has 6 heteroatoms. The van der Waals surface area contributed by atoms with E-state index in [1.54, 1.807) is 14.2 Å². The van der Waals surface area contributed by atoms with Crippen LogP contribution in [0.4, 0.5) is 5.69 Å². The van der Waals surface area contributed by atoms with Gasteiger partial charge in [-0.15, -0.1) is 0 Å². The number of aliphatic imine (C=N–C) groups is 1. The molecule has 0 aromatic heterocycles. The Labute approximate surface area is 174 Å². The lowest BCUT2D eigenvalue weighted by Gasteiger charge is -2.32. The van der Waals surface area contributed by atoms with Crippen LogP contribution in [-0.2, 0) is 15.1 Å². The summed E-state index contributed by atoms with van der Waals surface area (Å²) < 4.78 is 16.7. The first kappa shape index (κ1) is 19.7. The molecule has 1 atom stereocenters. The molecule has 0 radical (unpaired) electrons. The first-order chi connectivity index (χ1) is 14.6. The highest BCUT2D eigenvalue weighted by Crippen LogP contribution is 2.47. The molecular weight excluding hydrogens is 382 g/mol. The third-order valence-electron chi connectivity index (χ3n) is 5.12. The Morgan fingerprint density at radius 1 is 0.900 bits per heavy atom. The van der Waals surface area contributed by atoms with Crippen LogP contribution in [0.5, 0.6) is 11.5 Å². The fourth-order valence-corrected chi connectivity index (χ4v) is 3.73. The van der Waals surface area contributed by atoms with Crippen molar-refractivity contribution in [3.05, 3.63) is 89.5 Å². The topological polar surface area (TPSA) is 77.4 Å². The lowest BCUT2D eigenvalue weighted by atomic mass is 9.80. The Bertz CT molecular complexity index is 1090. The molecule has 0 amide bonds. The second-order valence-corrected chi connectivity index (χ2v) is 6.80. The molecule has 0 bridgehead atoms. The summed E-state index contributed by atoms with van der Waals surface area (Å²) in [5, 5.41) is 9.39. The highest BCUT2D eigenvalue weighted by Gasteiger charge is 2.47. The number of ether oxygens (including phenoxy) is 3. The number of benzene rings is 3. The Morgan fingerprint density at radius 3 is 2.10 bits per heavy atom. The van der Waals surface area contributed by atoms with Gasteiger partial charge < -0.3 is 19.3 Å². The van der Waals surface area contributed by atoms with Crippen LogP contribution in [0.15, 0.2) is 77.8 Å². The van der Waals surface area contributed by atoms with Gasteiger partial charge in [0, 0.05) is 5.56 Å². The Balaban J connectivity index is 1.94. The van der Waals surface area contributed by atoms with Crippen LogP contribution in [0.25, 0.3) is 0 Å². The summed E-state index contributed by atoms with van der Waals surface area (Å²) in [6, 6.07) is 22.5. The second-order valence-electron chi connectivity index (χ2n) is 6.80. The fourth-order valence-electron chi connectivity index (χ4n) is 3.73. The van der Waals surface area contributed by atoms with Crippen LogP contribution in [0, 0.1) is 0 Å². The zero-order chi connectivity index (χ0) is 21.1. The van der Waals surface area contributed by atoms with E-state index in [0.717, 1.165) is 28.1 Å². The summed E-state index contributed by atoms with van der Waals surface area (Å²) in [4.78, 5) is 16.3. The number of para-hydroxylation sites is 1. The van der Waals surface area contributed by atoms with Crippen molar-refractivity contribution in [3.8, 4) is 11.5 Å². The predicted molar refractivity (Wildman–Crippen MR) is 113 cm³/mol. The molecule has 0 saturated heterocycles. The van der Waals surface area contributed by atoms with Gasteiger partial charge in [0.15, 0.2) is 5.60 Å². The summed E-state index contributed by atoms with van der Waals surface area (Å²) in [5.74, 6) is 0.360. The van der Waals surface area contributed by atoms with Crippen molar-refractivity contribution in [2.75, 3.05) is 20.8 Å². The zero-order valence-electron chi connectivity index (χ0n) is 16.7. The summed E-state index contributed by atoms with van der Waals surface area (Å²) in [7, 11) is 3.20. The van der Waals surface area contributed by atoms with E-state index in [0.29, 0.717) is 11.5 Å². The Kier molecular flexibility index (Phi) is 5.25. The lowest BCUT2D eigenvalue weighted by molar-refractivity contribution is -0.145. The monoisotopic (exact) mass is 403 g/mol. The average molecular weight is 403 g/mol. The van der Waals surface area contributed by atoms with Crippen LogP contribution < -0.4 is 9.47 Å². The minimum atomic E-state index is -1.17. The molecule has 1 N–H and O–H groups in total. The molecule has 3 aromatic carbocycles. The third kappa shape index (κ3) is 3.31. The van der Waals surface area contributed by atoms with E-state index >= 15 is 0 Å². The SMILES string of the molecule is COc1ccc(C2=Nc3ccccc3C2(OCC(=O)O)c2ccc(OC)cc2)cc1. The van der Waals surface area contributed by atoms with E-state index in [2.05, 4.69) is 0 Å². The maximum atomic E-state index is 11.5. The molecular formula is C24H21NO5. The minimum absolute atomic E-state index is 0.477. The smallest absolute Gasteiger partial charge is 0.329 e. The molecule has 0 fully saturated rings. The van der Waals surface area contributed by atoms with Crippen LogP contribution >= 0.6 is 0 Å². The largest absolute Gasteiger partial charge is 0.497 e. The quantitative estimate of drug-likeness (QED) is 0.640. The molecule has 0 saturated carbocycles. The molecule has 1 heterocycles. The Hall–Kier alpha value is -3.64. The summed E-state index contributed by atoms with van der Waals surface area (Å²) >= 11 is 0. The summed E-state index contributed by atoms with van der Waals surface area (Å²) in [6.07, 6.45) is 0. The molecule has 1 unspecified atom stereocenters. The highest BCUT2D eigenvalue weighted by molar-refractivity contribution is 6.14. The number of aliphatic carboxylic acids is 1. The van der Waals surface area contributed by atoms with E-state index in [-0.39, 0.29) is 0 Å². The molecule has 0 spiro atoms.